The summed E-state index contributed by atoms with van der Waals surface area (Å²) in [7, 11) is 0. The van der Waals surface area contributed by atoms with Crippen molar-refractivity contribution in [3.05, 3.63) is 47.4 Å². The summed E-state index contributed by atoms with van der Waals surface area (Å²) in [5, 5.41) is 3.61. The molecule has 2 rings (SSSR count). The summed E-state index contributed by atoms with van der Waals surface area (Å²) in [5.74, 6) is 0.0599. The maximum atomic E-state index is 13.3. The summed E-state index contributed by atoms with van der Waals surface area (Å²) in [6.45, 7) is 1.69. The van der Waals surface area contributed by atoms with Crippen LogP contribution >= 0.6 is 0 Å². The molecule has 0 radical (unpaired) electrons. The van der Waals surface area contributed by atoms with Crippen molar-refractivity contribution >= 4 is 0 Å². The number of halogens is 1. The second-order valence-electron chi connectivity index (χ2n) is 3.28. The lowest BCUT2D eigenvalue weighted by molar-refractivity contribution is 0.407. The predicted octanol–water partition coefficient (Wildman–Crippen LogP) is 1.57. The van der Waals surface area contributed by atoms with Crippen molar-refractivity contribution < 1.29 is 8.91 Å². The van der Waals surface area contributed by atoms with Gasteiger partial charge >= 0.3 is 0 Å². The van der Waals surface area contributed by atoms with Crippen molar-refractivity contribution in [3.63, 3.8) is 0 Å². The van der Waals surface area contributed by atoms with E-state index < -0.39 is 6.04 Å². The topological polar surface area (TPSA) is 64.9 Å². The highest BCUT2D eigenvalue weighted by molar-refractivity contribution is 5.28. The van der Waals surface area contributed by atoms with Crippen LogP contribution in [0.2, 0.25) is 0 Å². The van der Waals surface area contributed by atoms with Gasteiger partial charge in [-0.1, -0.05) is 17.3 Å². The second kappa shape index (κ2) is 3.78. The van der Waals surface area contributed by atoms with E-state index in [-0.39, 0.29) is 5.82 Å². The molecule has 0 aliphatic rings. The maximum absolute atomic E-state index is 13.3. The molecule has 5 heteroatoms. The molecular weight excluding hydrogens is 197 g/mol. The van der Waals surface area contributed by atoms with E-state index in [2.05, 4.69) is 14.7 Å². The van der Waals surface area contributed by atoms with E-state index in [1.54, 1.807) is 19.1 Å². The fraction of sp³-hybridized carbons (Fsp3) is 0.200. The van der Waals surface area contributed by atoms with Gasteiger partial charge in [-0.15, -0.1) is 0 Å². The van der Waals surface area contributed by atoms with Crippen molar-refractivity contribution in [3.8, 4) is 0 Å². The van der Waals surface area contributed by atoms with Crippen LogP contribution in [0.5, 0.6) is 0 Å². The zero-order valence-electron chi connectivity index (χ0n) is 8.14. The van der Waals surface area contributed by atoms with E-state index in [0.717, 1.165) is 0 Å². The summed E-state index contributed by atoms with van der Waals surface area (Å²) in [6.07, 6.45) is 1.19. The van der Waals surface area contributed by atoms with Crippen molar-refractivity contribution in [2.24, 2.45) is 5.73 Å². The van der Waals surface area contributed by atoms with Gasteiger partial charge in [0, 0.05) is 0 Å². The van der Waals surface area contributed by atoms with E-state index in [1.165, 1.54) is 12.5 Å². The molecule has 0 spiro atoms. The van der Waals surface area contributed by atoms with E-state index in [0.29, 0.717) is 17.0 Å². The van der Waals surface area contributed by atoms with Gasteiger partial charge in [-0.25, -0.2) is 4.39 Å². The summed E-state index contributed by atoms with van der Waals surface area (Å²) >= 11 is 0. The van der Waals surface area contributed by atoms with Gasteiger partial charge in [0.1, 0.15) is 5.82 Å². The van der Waals surface area contributed by atoms with Crippen molar-refractivity contribution in [2.75, 3.05) is 0 Å². The molecule has 4 nitrogen and oxygen atoms in total. The Kier molecular flexibility index (Phi) is 2.47. The monoisotopic (exact) mass is 207 g/mol. The van der Waals surface area contributed by atoms with Gasteiger partial charge in [0.25, 0.3) is 0 Å². The summed E-state index contributed by atoms with van der Waals surface area (Å²) in [6, 6.07) is 4.25. The molecule has 0 fully saturated rings. The number of nitrogens with two attached hydrogens (primary N) is 1. The molecule has 0 bridgehead atoms. The first kappa shape index (κ1) is 9.79. The third-order valence-corrected chi connectivity index (χ3v) is 2.21. The Hall–Kier alpha value is -1.75. The molecule has 0 saturated carbocycles. The lowest BCUT2D eigenvalue weighted by Crippen LogP contribution is -2.13. The Morgan fingerprint density at radius 3 is 2.87 bits per heavy atom. The van der Waals surface area contributed by atoms with Gasteiger partial charge in [0.05, 0.1) is 6.04 Å². The molecule has 78 valence electrons. The van der Waals surface area contributed by atoms with Gasteiger partial charge in [0.15, 0.2) is 5.82 Å². The molecule has 1 aromatic heterocycles. The average molecular weight is 207 g/mol. The highest BCUT2D eigenvalue weighted by Gasteiger charge is 2.14. The van der Waals surface area contributed by atoms with Crippen molar-refractivity contribution in [1.29, 1.82) is 0 Å². The van der Waals surface area contributed by atoms with Gasteiger partial charge in [0.2, 0.25) is 6.39 Å². The molecular formula is C10H10FN3O. The zero-order valence-corrected chi connectivity index (χ0v) is 8.14. The van der Waals surface area contributed by atoms with Gasteiger partial charge in [-0.05, 0) is 24.1 Å². The number of rotatable bonds is 2. The highest BCUT2D eigenvalue weighted by atomic mass is 19.1. The second-order valence-corrected chi connectivity index (χ2v) is 3.28. The Morgan fingerprint density at radius 1 is 1.47 bits per heavy atom. The van der Waals surface area contributed by atoms with Crippen LogP contribution in [-0.4, -0.2) is 10.1 Å². The minimum absolute atomic E-state index is 0.286. The SMILES string of the molecule is Cc1ccc(C(N)c2ncon2)cc1F. The number of nitrogens with zero attached hydrogens (tertiary/aromatic N) is 2. The first-order valence-electron chi connectivity index (χ1n) is 4.46. The Balaban J connectivity index is 2.34. The molecule has 0 aliphatic carbocycles. The van der Waals surface area contributed by atoms with Crippen LogP contribution in [0.3, 0.4) is 0 Å². The van der Waals surface area contributed by atoms with E-state index in [4.69, 9.17) is 5.73 Å². The molecule has 1 atom stereocenters. The molecule has 1 heterocycles. The number of aromatic nitrogens is 2. The standard InChI is InChI=1S/C10H10FN3O/c1-6-2-3-7(4-8(6)11)9(12)10-13-5-15-14-10/h2-5,9H,12H2,1H3. The summed E-state index contributed by atoms with van der Waals surface area (Å²) in [4.78, 5) is 3.82. The van der Waals surface area contributed by atoms with Crippen molar-refractivity contribution in [2.45, 2.75) is 13.0 Å². The normalized spacial score (nSPS) is 12.7. The minimum Gasteiger partial charge on any atom is -0.343 e. The van der Waals surface area contributed by atoms with Crippen LogP contribution in [0.25, 0.3) is 0 Å². The Bertz CT molecular complexity index is 456. The smallest absolute Gasteiger partial charge is 0.213 e. The number of hydrogen-bond donors (Lipinski definition) is 1. The molecule has 2 N–H and O–H groups in total. The van der Waals surface area contributed by atoms with Crippen LogP contribution in [0.1, 0.15) is 23.0 Å². The highest BCUT2D eigenvalue weighted by Crippen LogP contribution is 2.18. The molecule has 0 aliphatic heterocycles. The quantitative estimate of drug-likeness (QED) is 0.811. The van der Waals surface area contributed by atoms with Crippen LogP contribution in [0.15, 0.2) is 29.1 Å². The number of aryl methyl sites for hydroxylation is 1. The fourth-order valence-corrected chi connectivity index (χ4v) is 1.27. The Morgan fingerprint density at radius 2 is 2.27 bits per heavy atom. The predicted molar refractivity (Wildman–Crippen MR) is 51.5 cm³/mol. The maximum Gasteiger partial charge on any atom is 0.213 e. The van der Waals surface area contributed by atoms with Gasteiger partial charge in [-0.3, -0.25) is 0 Å². The molecule has 1 unspecified atom stereocenters. The molecule has 2 aromatic rings. The number of benzene rings is 1. The third kappa shape index (κ3) is 1.87. The Labute approximate surface area is 85.9 Å². The molecule has 0 saturated heterocycles. The van der Waals surface area contributed by atoms with Crippen LogP contribution in [-0.2, 0) is 0 Å². The first-order valence-corrected chi connectivity index (χ1v) is 4.46. The largest absolute Gasteiger partial charge is 0.343 e. The van der Waals surface area contributed by atoms with E-state index in [1.807, 2.05) is 0 Å². The van der Waals surface area contributed by atoms with Crippen molar-refractivity contribution in [1.82, 2.24) is 10.1 Å². The van der Waals surface area contributed by atoms with Crippen LogP contribution in [0.4, 0.5) is 4.39 Å². The molecule has 1 aromatic carbocycles. The number of hydrogen-bond acceptors (Lipinski definition) is 4. The van der Waals surface area contributed by atoms with E-state index >= 15 is 0 Å². The minimum atomic E-state index is -0.557. The average Bonchev–Trinajstić information content (AvgIpc) is 2.74. The van der Waals surface area contributed by atoms with Crippen LogP contribution in [0, 0.1) is 12.7 Å². The first-order chi connectivity index (χ1) is 7.18. The van der Waals surface area contributed by atoms with E-state index in [9.17, 15) is 4.39 Å². The zero-order chi connectivity index (χ0) is 10.8. The molecule has 0 amide bonds. The van der Waals surface area contributed by atoms with Gasteiger partial charge in [-0.2, -0.15) is 4.98 Å². The summed E-state index contributed by atoms with van der Waals surface area (Å²) in [5.41, 5.74) is 7.04. The lowest BCUT2D eigenvalue weighted by Gasteiger charge is -2.08. The third-order valence-electron chi connectivity index (χ3n) is 2.21. The fourth-order valence-electron chi connectivity index (χ4n) is 1.27. The van der Waals surface area contributed by atoms with Gasteiger partial charge < -0.3 is 10.3 Å². The van der Waals surface area contributed by atoms with Crippen LogP contribution < -0.4 is 5.73 Å². The lowest BCUT2D eigenvalue weighted by atomic mass is 10.1. The summed E-state index contributed by atoms with van der Waals surface area (Å²) < 4.78 is 17.8. The molecule has 15 heavy (non-hydrogen) atoms.